The van der Waals surface area contributed by atoms with Gasteiger partial charge in [0, 0.05) is 29.3 Å². The molecule has 0 saturated carbocycles. The highest BCUT2D eigenvalue weighted by Gasteiger charge is 2.27. The topological polar surface area (TPSA) is 38.0 Å². The van der Waals surface area contributed by atoms with Crippen LogP contribution in [0, 0.1) is 0 Å². The predicted octanol–water partition coefficient (Wildman–Crippen LogP) is 5.52. The smallest absolute Gasteiger partial charge is 0.0438 e. The summed E-state index contributed by atoms with van der Waals surface area (Å²) in [6.45, 7) is 3.27. The van der Waals surface area contributed by atoms with E-state index in [-0.39, 0.29) is 6.04 Å². The van der Waals surface area contributed by atoms with Gasteiger partial charge in [-0.2, -0.15) is 0 Å². The monoisotopic (exact) mass is 402 g/mol. The summed E-state index contributed by atoms with van der Waals surface area (Å²) in [5.74, 6) is 1.53. The maximum atomic E-state index is 6.55. The van der Waals surface area contributed by atoms with E-state index in [1.807, 2.05) is 24.1 Å². The first-order chi connectivity index (χ1) is 13.2. The summed E-state index contributed by atoms with van der Waals surface area (Å²) in [4.78, 5) is 0. The lowest BCUT2D eigenvalue weighted by Crippen LogP contribution is -2.34. The lowest BCUT2D eigenvalue weighted by molar-refractivity contribution is 0.467. The van der Waals surface area contributed by atoms with Crippen molar-refractivity contribution >= 4 is 23.5 Å². The first-order valence-corrected chi connectivity index (χ1v) is 11.5. The zero-order chi connectivity index (χ0) is 19.1. The van der Waals surface area contributed by atoms with E-state index in [0.717, 1.165) is 43.7 Å². The van der Waals surface area contributed by atoms with E-state index in [2.05, 4.69) is 42.0 Å². The molecule has 0 aromatic heterocycles. The fourth-order valence-corrected chi connectivity index (χ4v) is 4.75. The first-order valence-electron chi connectivity index (χ1n) is 10.1. The van der Waals surface area contributed by atoms with E-state index in [0.29, 0.717) is 5.92 Å². The van der Waals surface area contributed by atoms with Gasteiger partial charge in [0.15, 0.2) is 0 Å². The minimum absolute atomic E-state index is 0.205. The summed E-state index contributed by atoms with van der Waals surface area (Å²) in [6, 6.07) is 15.4. The molecule has 0 radical (unpaired) electrons. The van der Waals surface area contributed by atoms with Gasteiger partial charge in [0.2, 0.25) is 0 Å². The molecule has 2 aromatic carbocycles. The molecule has 2 unspecified atom stereocenters. The summed E-state index contributed by atoms with van der Waals surface area (Å²) in [7, 11) is 0. The van der Waals surface area contributed by atoms with E-state index >= 15 is 0 Å². The van der Waals surface area contributed by atoms with Crippen molar-refractivity contribution in [1.29, 1.82) is 0 Å². The summed E-state index contributed by atoms with van der Waals surface area (Å²) in [6.07, 6.45) is 6.56. The SMILES string of the molecule is CCCSNCCCc1ccc2c(c1)C(Cc1ccccc1Cl)C(N)CC2. The van der Waals surface area contributed by atoms with E-state index in [1.165, 1.54) is 34.4 Å². The number of hydrogen-bond acceptors (Lipinski definition) is 3. The number of nitrogens with two attached hydrogens (primary N) is 1. The molecule has 0 saturated heterocycles. The number of hydrogen-bond donors (Lipinski definition) is 2. The van der Waals surface area contributed by atoms with Gasteiger partial charge in [0.05, 0.1) is 0 Å². The van der Waals surface area contributed by atoms with Crippen LogP contribution in [-0.2, 0) is 19.3 Å². The van der Waals surface area contributed by atoms with E-state index in [9.17, 15) is 0 Å². The second kappa shape index (κ2) is 10.5. The first kappa shape index (κ1) is 20.7. The molecule has 2 atom stereocenters. The van der Waals surface area contributed by atoms with Crippen molar-refractivity contribution in [2.45, 2.75) is 57.4 Å². The molecular weight excluding hydrogens is 372 g/mol. The molecule has 27 heavy (non-hydrogen) atoms. The standard InChI is InChI=1S/C23H31ClN2S/c1-2-14-27-26-13-5-6-17-9-10-18-11-12-23(25)21(20(18)15-17)16-19-7-3-4-8-22(19)24/h3-4,7-10,15,21,23,26H,2,5-6,11-14,16,25H2,1H3. The molecule has 0 spiro atoms. The molecular formula is C23H31ClN2S. The molecule has 2 nitrogen and oxygen atoms in total. The van der Waals surface area contributed by atoms with E-state index < -0.39 is 0 Å². The predicted molar refractivity (Wildman–Crippen MR) is 120 cm³/mol. The third-order valence-corrected chi connectivity index (χ3v) is 6.81. The van der Waals surface area contributed by atoms with Crippen LogP contribution in [-0.4, -0.2) is 18.3 Å². The number of halogens is 1. The molecule has 146 valence electrons. The van der Waals surface area contributed by atoms with Gasteiger partial charge in [-0.1, -0.05) is 66.9 Å². The molecule has 4 heteroatoms. The van der Waals surface area contributed by atoms with Gasteiger partial charge in [-0.05, 0) is 66.8 Å². The summed E-state index contributed by atoms with van der Waals surface area (Å²) in [5, 5.41) is 0.851. The Labute approximate surface area is 173 Å². The fourth-order valence-electron chi connectivity index (χ4n) is 3.90. The molecule has 3 N–H and O–H groups in total. The van der Waals surface area contributed by atoms with Gasteiger partial charge in [-0.25, -0.2) is 0 Å². The highest BCUT2D eigenvalue weighted by Crippen LogP contribution is 2.35. The molecule has 1 aliphatic carbocycles. The van der Waals surface area contributed by atoms with Gasteiger partial charge in [-0.15, -0.1) is 0 Å². The van der Waals surface area contributed by atoms with Crippen molar-refractivity contribution in [2.24, 2.45) is 5.73 Å². The van der Waals surface area contributed by atoms with E-state index in [1.54, 1.807) is 0 Å². The maximum Gasteiger partial charge on any atom is 0.0438 e. The molecule has 0 aliphatic heterocycles. The Hall–Kier alpha value is -1.00. The minimum atomic E-state index is 0.205. The second-order valence-corrected chi connectivity index (χ2v) is 8.88. The lowest BCUT2D eigenvalue weighted by Gasteiger charge is -2.32. The van der Waals surface area contributed by atoms with Crippen LogP contribution in [0.4, 0.5) is 0 Å². The van der Waals surface area contributed by atoms with Crippen molar-refractivity contribution < 1.29 is 0 Å². The number of aryl methyl sites for hydroxylation is 2. The maximum absolute atomic E-state index is 6.55. The van der Waals surface area contributed by atoms with Gasteiger partial charge in [-0.3, -0.25) is 4.72 Å². The normalized spacial score (nSPS) is 19.1. The highest BCUT2D eigenvalue weighted by atomic mass is 35.5. The Kier molecular flexibility index (Phi) is 8.07. The lowest BCUT2D eigenvalue weighted by atomic mass is 9.76. The molecule has 0 heterocycles. The number of nitrogens with one attached hydrogen (secondary N) is 1. The summed E-state index contributed by atoms with van der Waals surface area (Å²) in [5.41, 5.74) is 12.1. The summed E-state index contributed by atoms with van der Waals surface area (Å²) >= 11 is 8.26. The Morgan fingerprint density at radius 1 is 1.22 bits per heavy atom. The Balaban J connectivity index is 1.68. The van der Waals surface area contributed by atoms with Crippen molar-refractivity contribution in [3.63, 3.8) is 0 Å². The van der Waals surface area contributed by atoms with Crippen molar-refractivity contribution in [3.05, 3.63) is 69.7 Å². The Morgan fingerprint density at radius 2 is 2.07 bits per heavy atom. The van der Waals surface area contributed by atoms with Crippen molar-refractivity contribution in [2.75, 3.05) is 12.3 Å². The molecule has 3 rings (SSSR count). The molecule has 1 aliphatic rings. The van der Waals surface area contributed by atoms with Crippen LogP contribution in [0.5, 0.6) is 0 Å². The van der Waals surface area contributed by atoms with Crippen LogP contribution in [0.2, 0.25) is 5.02 Å². The van der Waals surface area contributed by atoms with Crippen molar-refractivity contribution in [3.8, 4) is 0 Å². The van der Waals surface area contributed by atoms with Crippen LogP contribution in [0.1, 0.15) is 54.4 Å². The fraction of sp³-hybridized carbons (Fsp3) is 0.478. The third-order valence-electron chi connectivity index (χ3n) is 5.42. The van der Waals surface area contributed by atoms with Gasteiger partial charge in [0.25, 0.3) is 0 Å². The third kappa shape index (κ3) is 5.74. The number of fused-ring (bicyclic) bond motifs is 1. The van der Waals surface area contributed by atoms with Crippen LogP contribution in [0.15, 0.2) is 42.5 Å². The van der Waals surface area contributed by atoms with Crippen LogP contribution in [0.25, 0.3) is 0 Å². The molecule has 2 aromatic rings. The average Bonchev–Trinajstić information content (AvgIpc) is 2.68. The van der Waals surface area contributed by atoms with E-state index in [4.69, 9.17) is 17.3 Å². The van der Waals surface area contributed by atoms with Crippen LogP contribution in [0.3, 0.4) is 0 Å². The highest BCUT2D eigenvalue weighted by molar-refractivity contribution is 7.97. The molecule has 0 bridgehead atoms. The average molecular weight is 403 g/mol. The van der Waals surface area contributed by atoms with Crippen molar-refractivity contribution in [1.82, 2.24) is 4.72 Å². The number of rotatable bonds is 9. The van der Waals surface area contributed by atoms with Gasteiger partial charge >= 0.3 is 0 Å². The Bertz CT molecular complexity index is 734. The zero-order valence-electron chi connectivity index (χ0n) is 16.2. The zero-order valence-corrected chi connectivity index (χ0v) is 17.8. The quantitative estimate of drug-likeness (QED) is 0.428. The minimum Gasteiger partial charge on any atom is -0.327 e. The molecule has 0 amide bonds. The van der Waals surface area contributed by atoms with Gasteiger partial charge in [0.1, 0.15) is 0 Å². The summed E-state index contributed by atoms with van der Waals surface area (Å²) < 4.78 is 3.46. The van der Waals surface area contributed by atoms with Gasteiger partial charge < -0.3 is 5.73 Å². The number of benzene rings is 2. The van der Waals surface area contributed by atoms with Crippen LogP contribution >= 0.6 is 23.5 Å². The Morgan fingerprint density at radius 3 is 2.89 bits per heavy atom. The molecule has 0 fully saturated rings. The second-order valence-electron chi connectivity index (χ2n) is 7.48. The largest absolute Gasteiger partial charge is 0.327 e. The van der Waals surface area contributed by atoms with Crippen LogP contribution < -0.4 is 10.5 Å².